The third kappa shape index (κ3) is 8.15. The Labute approximate surface area is 65.6 Å². The number of halogens is 3. The van der Waals surface area contributed by atoms with Crippen molar-refractivity contribution < 1.29 is 8.78 Å². The number of rotatable bonds is 5. The summed E-state index contributed by atoms with van der Waals surface area (Å²) in [6.45, 7) is 0.952. The van der Waals surface area contributed by atoms with E-state index >= 15 is 0 Å². The van der Waals surface area contributed by atoms with Crippen molar-refractivity contribution in [2.45, 2.75) is 38.5 Å². The number of hydrogen-bond acceptors (Lipinski definition) is 0. The summed E-state index contributed by atoms with van der Waals surface area (Å²) in [7, 11) is 0. The highest BCUT2D eigenvalue weighted by molar-refractivity contribution is 6.17. The van der Waals surface area contributed by atoms with Gasteiger partial charge in [-0.3, -0.25) is 0 Å². The summed E-state index contributed by atoms with van der Waals surface area (Å²) in [6, 6.07) is 0. The Morgan fingerprint density at radius 1 is 1.20 bits per heavy atom. The van der Waals surface area contributed by atoms with Crippen molar-refractivity contribution in [2.75, 3.05) is 5.88 Å². The standard InChI is InChI=1S/C7H13ClF2/c1-7(9,10)5-3-2-4-6-8/h2-6H2,1H3. The Morgan fingerprint density at radius 2 is 1.80 bits per heavy atom. The van der Waals surface area contributed by atoms with Gasteiger partial charge in [0.15, 0.2) is 0 Å². The molecular formula is C7H13ClF2. The molecule has 0 aromatic carbocycles. The van der Waals surface area contributed by atoms with Gasteiger partial charge in [0.05, 0.1) is 0 Å². The minimum atomic E-state index is -2.49. The van der Waals surface area contributed by atoms with Gasteiger partial charge in [-0.1, -0.05) is 6.42 Å². The van der Waals surface area contributed by atoms with Gasteiger partial charge in [0.25, 0.3) is 0 Å². The highest BCUT2D eigenvalue weighted by Crippen LogP contribution is 2.20. The molecule has 0 N–H and O–H groups in total. The summed E-state index contributed by atoms with van der Waals surface area (Å²) < 4.78 is 24.2. The van der Waals surface area contributed by atoms with Crippen molar-refractivity contribution in [3.05, 3.63) is 0 Å². The Hall–Kier alpha value is 0.150. The van der Waals surface area contributed by atoms with Crippen LogP contribution in [-0.4, -0.2) is 11.8 Å². The Kier molecular flexibility index (Phi) is 4.96. The molecule has 3 heteroatoms. The molecule has 0 aliphatic carbocycles. The van der Waals surface area contributed by atoms with Gasteiger partial charge in [-0.05, 0) is 19.8 Å². The minimum absolute atomic E-state index is 0.0100. The van der Waals surface area contributed by atoms with E-state index in [0.717, 1.165) is 19.8 Å². The van der Waals surface area contributed by atoms with E-state index in [-0.39, 0.29) is 6.42 Å². The second-order valence-corrected chi connectivity index (χ2v) is 2.95. The van der Waals surface area contributed by atoms with Gasteiger partial charge in [-0.15, -0.1) is 11.6 Å². The zero-order valence-electron chi connectivity index (χ0n) is 6.17. The highest BCUT2D eigenvalue weighted by Gasteiger charge is 2.19. The maximum atomic E-state index is 12.1. The van der Waals surface area contributed by atoms with Crippen LogP contribution in [-0.2, 0) is 0 Å². The SMILES string of the molecule is CC(F)(F)CCCCCCl. The Morgan fingerprint density at radius 3 is 2.20 bits per heavy atom. The van der Waals surface area contributed by atoms with Crippen molar-refractivity contribution in [1.82, 2.24) is 0 Å². The average Bonchev–Trinajstić information content (AvgIpc) is 1.78. The summed E-state index contributed by atoms with van der Waals surface area (Å²) in [6.07, 6.45) is 2.23. The maximum Gasteiger partial charge on any atom is 0.245 e. The first-order chi connectivity index (χ1) is 4.56. The molecule has 0 bridgehead atoms. The van der Waals surface area contributed by atoms with Crippen molar-refractivity contribution in [3.8, 4) is 0 Å². The highest BCUT2D eigenvalue weighted by atomic mass is 35.5. The molecule has 0 rings (SSSR count). The predicted octanol–water partition coefficient (Wildman–Crippen LogP) is 3.44. The first-order valence-corrected chi connectivity index (χ1v) is 4.03. The maximum absolute atomic E-state index is 12.1. The van der Waals surface area contributed by atoms with Crippen LogP contribution in [0.1, 0.15) is 32.6 Å². The third-order valence-corrected chi connectivity index (χ3v) is 1.52. The molecule has 0 fully saturated rings. The van der Waals surface area contributed by atoms with Gasteiger partial charge < -0.3 is 0 Å². The van der Waals surface area contributed by atoms with E-state index in [4.69, 9.17) is 11.6 Å². The molecule has 10 heavy (non-hydrogen) atoms. The Balaban J connectivity index is 3.04. The van der Waals surface area contributed by atoms with Crippen LogP contribution in [0.15, 0.2) is 0 Å². The average molecular weight is 171 g/mol. The quantitative estimate of drug-likeness (QED) is 0.438. The van der Waals surface area contributed by atoms with E-state index in [2.05, 4.69) is 0 Å². The zero-order chi connectivity index (χ0) is 8.04. The van der Waals surface area contributed by atoms with E-state index in [1.54, 1.807) is 0 Å². The molecule has 0 heterocycles. The van der Waals surface area contributed by atoms with Crippen LogP contribution < -0.4 is 0 Å². The molecule has 0 aromatic heterocycles. The molecule has 0 nitrogen and oxygen atoms in total. The lowest BCUT2D eigenvalue weighted by atomic mass is 10.1. The fourth-order valence-electron chi connectivity index (χ4n) is 0.707. The Bertz CT molecular complexity index is 78.2. The lowest BCUT2D eigenvalue weighted by Crippen LogP contribution is -2.08. The van der Waals surface area contributed by atoms with Crippen LogP contribution in [0.4, 0.5) is 8.78 Å². The summed E-state index contributed by atoms with van der Waals surface area (Å²) in [5.41, 5.74) is 0. The summed E-state index contributed by atoms with van der Waals surface area (Å²) in [5, 5.41) is 0. The summed E-state index contributed by atoms with van der Waals surface area (Å²) in [4.78, 5) is 0. The van der Waals surface area contributed by atoms with Gasteiger partial charge in [0.2, 0.25) is 5.92 Å². The van der Waals surface area contributed by atoms with Crippen molar-refractivity contribution in [1.29, 1.82) is 0 Å². The topological polar surface area (TPSA) is 0 Å². The number of hydrogen-bond donors (Lipinski definition) is 0. The molecule has 0 atom stereocenters. The van der Waals surface area contributed by atoms with E-state index in [9.17, 15) is 8.78 Å². The van der Waals surface area contributed by atoms with Crippen molar-refractivity contribution in [3.63, 3.8) is 0 Å². The van der Waals surface area contributed by atoms with Crippen LogP contribution >= 0.6 is 11.6 Å². The van der Waals surface area contributed by atoms with Crippen molar-refractivity contribution in [2.24, 2.45) is 0 Å². The first-order valence-electron chi connectivity index (χ1n) is 3.50. The molecule has 0 aromatic rings. The largest absolute Gasteiger partial charge is 0.245 e. The molecule has 0 saturated heterocycles. The van der Waals surface area contributed by atoms with Crippen LogP contribution in [0.2, 0.25) is 0 Å². The number of unbranched alkanes of at least 4 members (excludes halogenated alkanes) is 2. The van der Waals surface area contributed by atoms with E-state index in [1.807, 2.05) is 0 Å². The molecule has 0 aliphatic heterocycles. The number of alkyl halides is 3. The van der Waals surface area contributed by atoms with Crippen LogP contribution in [0, 0.1) is 0 Å². The molecule has 62 valence electrons. The molecule has 0 saturated carbocycles. The van der Waals surface area contributed by atoms with Crippen LogP contribution in [0.5, 0.6) is 0 Å². The fraction of sp³-hybridized carbons (Fsp3) is 1.00. The van der Waals surface area contributed by atoms with Gasteiger partial charge in [-0.2, -0.15) is 0 Å². The summed E-state index contributed by atoms with van der Waals surface area (Å²) in [5.74, 6) is -1.92. The van der Waals surface area contributed by atoms with Gasteiger partial charge in [0, 0.05) is 12.3 Å². The zero-order valence-corrected chi connectivity index (χ0v) is 6.93. The fourth-order valence-corrected chi connectivity index (χ4v) is 0.896. The third-order valence-electron chi connectivity index (χ3n) is 1.25. The molecule has 0 amide bonds. The van der Waals surface area contributed by atoms with Crippen LogP contribution in [0.25, 0.3) is 0 Å². The van der Waals surface area contributed by atoms with Crippen molar-refractivity contribution >= 4 is 11.6 Å². The van der Waals surface area contributed by atoms with E-state index < -0.39 is 5.92 Å². The van der Waals surface area contributed by atoms with Gasteiger partial charge in [-0.25, -0.2) is 8.78 Å². The molecular weight excluding hydrogens is 158 g/mol. The van der Waals surface area contributed by atoms with E-state index in [0.29, 0.717) is 12.3 Å². The van der Waals surface area contributed by atoms with E-state index in [1.165, 1.54) is 0 Å². The molecule has 0 unspecified atom stereocenters. The lowest BCUT2D eigenvalue weighted by Gasteiger charge is -2.08. The predicted molar refractivity (Wildman–Crippen MR) is 39.8 cm³/mol. The molecule has 0 spiro atoms. The smallest absolute Gasteiger partial charge is 0.207 e. The first kappa shape index (κ1) is 10.2. The van der Waals surface area contributed by atoms with Gasteiger partial charge in [0.1, 0.15) is 0 Å². The second kappa shape index (κ2) is 4.89. The van der Waals surface area contributed by atoms with Crippen LogP contribution in [0.3, 0.4) is 0 Å². The normalized spacial score (nSPS) is 12.0. The lowest BCUT2D eigenvalue weighted by molar-refractivity contribution is 0.0105. The second-order valence-electron chi connectivity index (χ2n) is 2.57. The summed E-state index contributed by atoms with van der Waals surface area (Å²) >= 11 is 5.36. The minimum Gasteiger partial charge on any atom is -0.207 e. The molecule has 0 radical (unpaired) electrons. The molecule has 0 aliphatic rings. The van der Waals surface area contributed by atoms with Gasteiger partial charge >= 0.3 is 0 Å². The monoisotopic (exact) mass is 170 g/mol.